The van der Waals surface area contributed by atoms with Crippen LogP contribution in [0.4, 0.5) is 0 Å². The molecule has 0 saturated heterocycles. The highest BCUT2D eigenvalue weighted by molar-refractivity contribution is 6.35. The predicted octanol–water partition coefficient (Wildman–Crippen LogP) is 3.81. The first kappa shape index (κ1) is 18.5. The highest BCUT2D eigenvalue weighted by atomic mass is 35.5. The van der Waals surface area contributed by atoms with Crippen LogP contribution in [0.5, 0.6) is 11.6 Å². The molecule has 2 rings (SSSR count). The SMILES string of the molecule is C=C(Cc1c(Cl)cncc1Cl)c1cnc(OC)c(OCCCO)c1. The van der Waals surface area contributed by atoms with E-state index in [0.717, 1.165) is 16.7 Å². The molecule has 0 amide bonds. The van der Waals surface area contributed by atoms with Crippen molar-refractivity contribution in [2.24, 2.45) is 0 Å². The summed E-state index contributed by atoms with van der Waals surface area (Å²) in [4.78, 5) is 8.17. The maximum Gasteiger partial charge on any atom is 0.256 e. The van der Waals surface area contributed by atoms with Crippen LogP contribution in [0.15, 0.2) is 31.2 Å². The Morgan fingerprint density at radius 2 is 1.96 bits per heavy atom. The third kappa shape index (κ3) is 4.60. The molecule has 0 aliphatic rings. The fourth-order valence-corrected chi connectivity index (χ4v) is 2.55. The van der Waals surface area contributed by atoms with Crippen molar-refractivity contribution in [1.29, 1.82) is 0 Å². The molecule has 0 aliphatic carbocycles. The van der Waals surface area contributed by atoms with Crippen molar-refractivity contribution in [3.63, 3.8) is 0 Å². The molecule has 5 nitrogen and oxygen atoms in total. The summed E-state index contributed by atoms with van der Waals surface area (Å²) in [6.45, 7) is 4.51. The summed E-state index contributed by atoms with van der Waals surface area (Å²) in [5.41, 5.74) is 2.34. The standard InChI is InChI=1S/C17H18Cl2N2O3/c1-11(6-13-14(18)9-20-10-15(13)19)12-7-16(24-5-3-4-22)17(23-2)21-8-12/h7-10,22H,1,3-6H2,2H3. The Morgan fingerprint density at radius 1 is 1.25 bits per heavy atom. The van der Waals surface area contributed by atoms with Gasteiger partial charge >= 0.3 is 0 Å². The number of allylic oxidation sites excluding steroid dienone is 1. The topological polar surface area (TPSA) is 64.5 Å². The quantitative estimate of drug-likeness (QED) is 0.717. The van der Waals surface area contributed by atoms with E-state index in [1.165, 1.54) is 7.11 Å². The van der Waals surface area contributed by atoms with E-state index in [9.17, 15) is 0 Å². The Hall–Kier alpha value is -1.82. The number of methoxy groups -OCH3 is 1. The Labute approximate surface area is 150 Å². The van der Waals surface area contributed by atoms with Gasteiger partial charge in [-0.2, -0.15) is 0 Å². The van der Waals surface area contributed by atoms with Crippen molar-refractivity contribution >= 4 is 28.8 Å². The van der Waals surface area contributed by atoms with Crippen LogP contribution in [0.3, 0.4) is 0 Å². The van der Waals surface area contributed by atoms with Gasteiger partial charge in [-0.3, -0.25) is 4.98 Å². The molecule has 128 valence electrons. The van der Waals surface area contributed by atoms with Gasteiger partial charge in [-0.15, -0.1) is 0 Å². The molecule has 0 spiro atoms. The minimum absolute atomic E-state index is 0.0567. The van der Waals surface area contributed by atoms with Gasteiger partial charge in [0.2, 0.25) is 0 Å². The lowest BCUT2D eigenvalue weighted by Gasteiger charge is -2.13. The average molecular weight is 369 g/mol. The van der Waals surface area contributed by atoms with Crippen molar-refractivity contribution in [2.75, 3.05) is 20.3 Å². The van der Waals surface area contributed by atoms with E-state index >= 15 is 0 Å². The molecule has 1 N–H and O–H groups in total. The maximum atomic E-state index is 8.86. The smallest absolute Gasteiger partial charge is 0.256 e. The second-order valence-corrected chi connectivity index (χ2v) is 5.83. The summed E-state index contributed by atoms with van der Waals surface area (Å²) in [5, 5.41) is 9.84. The Kier molecular flexibility index (Phi) is 6.85. The van der Waals surface area contributed by atoms with Crippen LogP contribution in [0, 0.1) is 0 Å². The molecule has 0 fully saturated rings. The van der Waals surface area contributed by atoms with Crippen molar-refractivity contribution in [1.82, 2.24) is 9.97 Å². The molecule has 2 aromatic heterocycles. The van der Waals surface area contributed by atoms with Crippen LogP contribution in [-0.4, -0.2) is 35.4 Å². The fraction of sp³-hybridized carbons (Fsp3) is 0.294. The minimum Gasteiger partial charge on any atom is -0.488 e. The zero-order valence-electron chi connectivity index (χ0n) is 13.3. The summed E-state index contributed by atoms with van der Waals surface area (Å²) >= 11 is 12.3. The second kappa shape index (κ2) is 8.87. The van der Waals surface area contributed by atoms with E-state index in [-0.39, 0.29) is 6.61 Å². The third-order valence-corrected chi connectivity index (χ3v) is 3.97. The zero-order valence-corrected chi connectivity index (χ0v) is 14.8. The number of rotatable bonds is 8. The van der Waals surface area contributed by atoms with E-state index in [2.05, 4.69) is 16.5 Å². The minimum atomic E-state index is 0.0567. The predicted molar refractivity (Wildman–Crippen MR) is 95.0 cm³/mol. The number of pyridine rings is 2. The van der Waals surface area contributed by atoms with Crippen LogP contribution >= 0.6 is 23.2 Å². The Balaban J connectivity index is 2.21. The van der Waals surface area contributed by atoms with Crippen LogP contribution < -0.4 is 9.47 Å². The lowest BCUT2D eigenvalue weighted by atomic mass is 10.0. The van der Waals surface area contributed by atoms with Gasteiger partial charge in [-0.25, -0.2) is 4.98 Å². The highest BCUT2D eigenvalue weighted by Crippen LogP contribution is 2.32. The summed E-state index contributed by atoms with van der Waals surface area (Å²) in [6, 6.07) is 1.80. The van der Waals surface area contributed by atoms with Gasteiger partial charge < -0.3 is 14.6 Å². The normalized spacial score (nSPS) is 10.5. The summed E-state index contributed by atoms with van der Waals surface area (Å²) in [7, 11) is 1.52. The first-order valence-corrected chi connectivity index (χ1v) is 8.06. The van der Waals surface area contributed by atoms with E-state index in [1.54, 1.807) is 24.7 Å². The molecule has 0 unspecified atom stereocenters. The summed E-state index contributed by atoms with van der Waals surface area (Å²) in [6.07, 6.45) is 5.74. The van der Waals surface area contributed by atoms with Crippen molar-refractivity contribution < 1.29 is 14.6 Å². The van der Waals surface area contributed by atoms with Crippen LogP contribution in [0.25, 0.3) is 5.57 Å². The fourth-order valence-electron chi connectivity index (χ4n) is 2.05. The molecular formula is C17H18Cl2N2O3. The number of aliphatic hydroxyl groups is 1. The van der Waals surface area contributed by atoms with E-state index in [1.807, 2.05) is 0 Å². The van der Waals surface area contributed by atoms with E-state index in [4.69, 9.17) is 37.8 Å². The van der Waals surface area contributed by atoms with Gasteiger partial charge in [0.15, 0.2) is 5.75 Å². The number of hydrogen-bond acceptors (Lipinski definition) is 5. The van der Waals surface area contributed by atoms with Gasteiger partial charge in [0.05, 0.1) is 23.8 Å². The largest absolute Gasteiger partial charge is 0.488 e. The molecule has 0 saturated carbocycles. The Morgan fingerprint density at radius 3 is 2.58 bits per heavy atom. The maximum absolute atomic E-state index is 8.86. The number of aliphatic hydroxyl groups excluding tert-OH is 1. The number of hydrogen-bond donors (Lipinski definition) is 1. The summed E-state index contributed by atoms with van der Waals surface area (Å²) in [5.74, 6) is 0.876. The monoisotopic (exact) mass is 368 g/mol. The van der Waals surface area contributed by atoms with Crippen LogP contribution in [0.1, 0.15) is 17.5 Å². The van der Waals surface area contributed by atoms with Gasteiger partial charge in [-0.05, 0) is 22.8 Å². The van der Waals surface area contributed by atoms with Crippen molar-refractivity contribution in [2.45, 2.75) is 12.8 Å². The first-order valence-electron chi connectivity index (χ1n) is 7.30. The lowest BCUT2D eigenvalue weighted by molar-refractivity contribution is 0.226. The molecule has 0 atom stereocenters. The molecule has 0 aliphatic heterocycles. The van der Waals surface area contributed by atoms with Crippen LogP contribution in [-0.2, 0) is 6.42 Å². The van der Waals surface area contributed by atoms with Crippen molar-refractivity contribution in [3.8, 4) is 11.6 Å². The number of halogens is 2. The lowest BCUT2D eigenvalue weighted by Crippen LogP contribution is -2.03. The van der Waals surface area contributed by atoms with Gasteiger partial charge in [0.25, 0.3) is 5.88 Å². The first-order chi connectivity index (χ1) is 11.6. The van der Waals surface area contributed by atoms with Gasteiger partial charge in [0.1, 0.15) is 0 Å². The molecule has 0 bridgehead atoms. The van der Waals surface area contributed by atoms with E-state index < -0.39 is 0 Å². The summed E-state index contributed by atoms with van der Waals surface area (Å²) < 4.78 is 10.8. The Bertz CT molecular complexity index is 703. The van der Waals surface area contributed by atoms with Gasteiger partial charge in [-0.1, -0.05) is 29.8 Å². The average Bonchev–Trinajstić information content (AvgIpc) is 2.58. The zero-order chi connectivity index (χ0) is 17.5. The molecule has 2 aromatic rings. The van der Waals surface area contributed by atoms with E-state index in [0.29, 0.717) is 41.1 Å². The molecule has 0 radical (unpaired) electrons. The molecular weight excluding hydrogens is 351 g/mol. The molecule has 24 heavy (non-hydrogen) atoms. The molecule has 7 heteroatoms. The highest BCUT2D eigenvalue weighted by Gasteiger charge is 2.13. The second-order valence-electron chi connectivity index (χ2n) is 5.02. The number of nitrogens with zero attached hydrogens (tertiary/aromatic N) is 2. The van der Waals surface area contributed by atoms with Crippen molar-refractivity contribution in [3.05, 3.63) is 52.4 Å². The molecule has 2 heterocycles. The van der Waals surface area contributed by atoms with Gasteiger partial charge in [0, 0.05) is 38.0 Å². The van der Waals surface area contributed by atoms with Crippen LogP contribution in [0.2, 0.25) is 10.0 Å². The number of aromatic nitrogens is 2. The third-order valence-electron chi connectivity index (χ3n) is 3.32. The molecule has 0 aromatic carbocycles. The number of ether oxygens (including phenoxy) is 2.